The molecule has 1 N–H and O–H groups in total. The summed E-state index contributed by atoms with van der Waals surface area (Å²) in [5, 5.41) is 8.53. The van der Waals surface area contributed by atoms with E-state index in [0.29, 0.717) is 0 Å². The van der Waals surface area contributed by atoms with E-state index in [0.717, 1.165) is 68.3 Å². The second-order valence-corrected chi connectivity index (χ2v) is 8.19. The molecule has 1 aromatic carbocycles. The normalized spacial score (nSPS) is 13.1. The molecule has 0 saturated carbocycles. The quantitative estimate of drug-likeness (QED) is 0.429. The molecule has 5 heteroatoms. The Morgan fingerprint density at radius 1 is 1.16 bits per heavy atom. The summed E-state index contributed by atoms with van der Waals surface area (Å²) in [5.74, 6) is 1.84. The van der Waals surface area contributed by atoms with Crippen molar-refractivity contribution in [2.75, 3.05) is 26.2 Å². The van der Waals surface area contributed by atoms with Crippen molar-refractivity contribution in [1.29, 1.82) is 0 Å². The lowest BCUT2D eigenvalue weighted by atomic mass is 10.0. The fraction of sp³-hybridized carbons (Fsp3) is 0.423. The Kier molecular flexibility index (Phi) is 7.39. The molecule has 0 aliphatic heterocycles. The number of rotatable bonds is 11. The Morgan fingerprint density at radius 3 is 2.81 bits per heavy atom. The molecule has 2 heterocycles. The summed E-state index contributed by atoms with van der Waals surface area (Å²) in [7, 11) is 0. The molecular formula is C26H34N4O. The van der Waals surface area contributed by atoms with Gasteiger partial charge in [0.15, 0.2) is 5.76 Å². The van der Waals surface area contributed by atoms with E-state index < -0.39 is 0 Å². The number of hydrogen-bond donors (Lipinski definition) is 1. The smallest absolute Gasteiger partial charge is 0.155 e. The Hall–Kier alpha value is -2.63. The summed E-state index contributed by atoms with van der Waals surface area (Å²) in [5.41, 5.74) is 4.44. The summed E-state index contributed by atoms with van der Waals surface area (Å²) in [4.78, 5) is 2.52. The van der Waals surface area contributed by atoms with Gasteiger partial charge in [-0.25, -0.2) is 4.68 Å². The number of benzene rings is 1. The van der Waals surface area contributed by atoms with E-state index in [1.165, 1.54) is 24.1 Å². The van der Waals surface area contributed by atoms with E-state index in [1.807, 2.05) is 22.9 Å². The van der Waals surface area contributed by atoms with E-state index in [4.69, 9.17) is 9.52 Å². The summed E-state index contributed by atoms with van der Waals surface area (Å²) in [6.07, 6.45) is 10.9. The van der Waals surface area contributed by atoms with Gasteiger partial charge in [0.2, 0.25) is 0 Å². The molecule has 0 amide bonds. The Labute approximate surface area is 185 Å². The Balaban J connectivity index is 1.48. The van der Waals surface area contributed by atoms with Crippen LogP contribution in [0.1, 0.15) is 50.0 Å². The van der Waals surface area contributed by atoms with Gasteiger partial charge >= 0.3 is 0 Å². The largest absolute Gasteiger partial charge is 0.455 e. The first-order chi connectivity index (χ1) is 15.3. The predicted octanol–water partition coefficient (Wildman–Crippen LogP) is 5.30. The summed E-state index contributed by atoms with van der Waals surface area (Å²) < 4.78 is 8.15. The molecule has 3 aromatic rings. The minimum Gasteiger partial charge on any atom is -0.455 e. The van der Waals surface area contributed by atoms with Gasteiger partial charge in [-0.1, -0.05) is 38.1 Å². The van der Waals surface area contributed by atoms with Crippen LogP contribution in [0.4, 0.5) is 0 Å². The maximum atomic E-state index is 6.19. The molecule has 0 atom stereocenters. The standard InChI is InChI=1S/C26H34N4O/c1-3-16-29(4-2)17-10-15-27-19-22-20-30(23-12-6-5-7-13-23)28-26(22)25-18-21-11-8-9-14-24(21)31-25/h5-7,9,12-14,18,20,27H,3-4,8,10-11,15-17,19H2,1-2H3. The van der Waals surface area contributed by atoms with E-state index in [2.05, 4.69) is 60.6 Å². The van der Waals surface area contributed by atoms with Crippen LogP contribution in [0, 0.1) is 0 Å². The molecule has 5 nitrogen and oxygen atoms in total. The van der Waals surface area contributed by atoms with Gasteiger partial charge in [0.05, 0.1) is 5.69 Å². The van der Waals surface area contributed by atoms with E-state index >= 15 is 0 Å². The third kappa shape index (κ3) is 5.35. The molecule has 31 heavy (non-hydrogen) atoms. The number of allylic oxidation sites excluding steroid dienone is 1. The first-order valence-electron chi connectivity index (χ1n) is 11.6. The fourth-order valence-electron chi connectivity index (χ4n) is 4.18. The third-order valence-electron chi connectivity index (χ3n) is 5.87. The fourth-order valence-corrected chi connectivity index (χ4v) is 4.18. The zero-order valence-electron chi connectivity index (χ0n) is 18.8. The summed E-state index contributed by atoms with van der Waals surface area (Å²) in [6, 6.07) is 12.4. The van der Waals surface area contributed by atoms with E-state index in [1.54, 1.807) is 0 Å². The number of aromatic nitrogens is 2. The van der Waals surface area contributed by atoms with Gasteiger partial charge in [0.25, 0.3) is 0 Å². The zero-order chi connectivity index (χ0) is 21.5. The van der Waals surface area contributed by atoms with E-state index in [9.17, 15) is 0 Å². The number of nitrogens with one attached hydrogen (secondary N) is 1. The highest BCUT2D eigenvalue weighted by Gasteiger charge is 2.19. The highest BCUT2D eigenvalue weighted by Crippen LogP contribution is 2.31. The third-order valence-corrected chi connectivity index (χ3v) is 5.87. The van der Waals surface area contributed by atoms with Crippen LogP contribution in [0.2, 0.25) is 0 Å². The highest BCUT2D eigenvalue weighted by atomic mass is 16.3. The lowest BCUT2D eigenvalue weighted by Gasteiger charge is -2.19. The molecule has 0 bridgehead atoms. The van der Waals surface area contributed by atoms with Gasteiger partial charge in [0.1, 0.15) is 11.5 Å². The van der Waals surface area contributed by atoms with Gasteiger partial charge in [0, 0.05) is 18.3 Å². The number of para-hydroxylation sites is 1. The number of fused-ring (bicyclic) bond motifs is 1. The lowest BCUT2D eigenvalue weighted by Crippen LogP contribution is -2.28. The molecular weight excluding hydrogens is 384 g/mol. The molecule has 0 saturated heterocycles. The van der Waals surface area contributed by atoms with Crippen molar-refractivity contribution in [2.24, 2.45) is 0 Å². The first kappa shape index (κ1) is 21.6. The van der Waals surface area contributed by atoms with Crippen molar-refractivity contribution in [1.82, 2.24) is 20.0 Å². The first-order valence-corrected chi connectivity index (χ1v) is 11.6. The minimum atomic E-state index is 0.781. The van der Waals surface area contributed by atoms with Crippen LogP contribution in [-0.4, -0.2) is 40.9 Å². The van der Waals surface area contributed by atoms with Crippen LogP contribution in [0.25, 0.3) is 23.2 Å². The predicted molar refractivity (Wildman–Crippen MR) is 127 cm³/mol. The Morgan fingerprint density at radius 2 is 2.03 bits per heavy atom. The number of furan rings is 1. The average Bonchev–Trinajstić information content (AvgIpc) is 3.43. The van der Waals surface area contributed by atoms with Crippen molar-refractivity contribution >= 4 is 6.08 Å². The number of nitrogens with zero attached hydrogens (tertiary/aromatic N) is 3. The lowest BCUT2D eigenvalue weighted by molar-refractivity contribution is 0.283. The maximum absolute atomic E-state index is 6.19. The second-order valence-electron chi connectivity index (χ2n) is 8.19. The second kappa shape index (κ2) is 10.6. The van der Waals surface area contributed by atoms with Crippen LogP contribution in [-0.2, 0) is 13.0 Å². The molecule has 0 radical (unpaired) electrons. The monoisotopic (exact) mass is 418 g/mol. The topological polar surface area (TPSA) is 46.2 Å². The van der Waals surface area contributed by atoms with Crippen molar-refractivity contribution in [2.45, 2.75) is 46.1 Å². The molecule has 1 aliphatic carbocycles. The van der Waals surface area contributed by atoms with Crippen molar-refractivity contribution in [3.05, 3.63) is 65.6 Å². The van der Waals surface area contributed by atoms with Crippen LogP contribution >= 0.6 is 0 Å². The van der Waals surface area contributed by atoms with Crippen molar-refractivity contribution in [3.63, 3.8) is 0 Å². The number of hydrogen-bond acceptors (Lipinski definition) is 4. The molecule has 0 spiro atoms. The van der Waals surface area contributed by atoms with Gasteiger partial charge in [-0.3, -0.25) is 0 Å². The molecule has 4 rings (SSSR count). The SMILES string of the molecule is CCCN(CC)CCCNCc1cn(-c2ccccc2)nc1-c1cc2c(o1)C=CCC2. The van der Waals surface area contributed by atoms with Gasteiger partial charge in [-0.05, 0) is 81.7 Å². The highest BCUT2D eigenvalue weighted by molar-refractivity contribution is 5.63. The zero-order valence-corrected chi connectivity index (χ0v) is 18.8. The maximum Gasteiger partial charge on any atom is 0.155 e. The summed E-state index contributed by atoms with van der Waals surface area (Å²) >= 11 is 0. The van der Waals surface area contributed by atoms with Crippen molar-refractivity contribution < 1.29 is 4.42 Å². The molecule has 0 fully saturated rings. The molecule has 164 valence electrons. The molecule has 0 unspecified atom stereocenters. The molecule has 2 aromatic heterocycles. The van der Waals surface area contributed by atoms with Gasteiger partial charge in [-0.2, -0.15) is 5.10 Å². The van der Waals surface area contributed by atoms with Gasteiger partial charge < -0.3 is 14.6 Å². The minimum absolute atomic E-state index is 0.781. The van der Waals surface area contributed by atoms with Crippen LogP contribution in [0.3, 0.4) is 0 Å². The van der Waals surface area contributed by atoms with Crippen LogP contribution in [0.5, 0.6) is 0 Å². The van der Waals surface area contributed by atoms with Crippen LogP contribution in [0.15, 0.2) is 53.1 Å². The number of aryl methyl sites for hydroxylation is 1. The Bertz CT molecular complexity index is 986. The summed E-state index contributed by atoms with van der Waals surface area (Å²) in [6.45, 7) is 9.71. The van der Waals surface area contributed by atoms with Crippen LogP contribution < -0.4 is 5.32 Å². The van der Waals surface area contributed by atoms with Gasteiger partial charge in [-0.15, -0.1) is 0 Å². The van der Waals surface area contributed by atoms with E-state index in [-0.39, 0.29) is 0 Å². The van der Waals surface area contributed by atoms with Crippen molar-refractivity contribution in [3.8, 4) is 17.1 Å². The average molecular weight is 419 g/mol. The molecule has 1 aliphatic rings.